The highest BCUT2D eigenvalue weighted by Crippen LogP contribution is 2.42. The van der Waals surface area contributed by atoms with Crippen LogP contribution in [0.25, 0.3) is 77.6 Å². The zero-order chi connectivity index (χ0) is 40.5. The van der Waals surface area contributed by atoms with Crippen LogP contribution in [0.15, 0.2) is 234 Å². The molecule has 0 fully saturated rings. The Labute approximate surface area is 355 Å². The minimum Gasteiger partial charge on any atom is -0.455 e. The van der Waals surface area contributed by atoms with E-state index < -0.39 is 0 Å². The van der Waals surface area contributed by atoms with Gasteiger partial charge in [0.25, 0.3) is 0 Å². The number of nitrogens with zero attached hydrogens (tertiary/aromatic N) is 1. The molecular formula is C57H41N3O. The Morgan fingerprint density at radius 2 is 0.836 bits per heavy atom. The fraction of sp³-hybridized carbons (Fsp3) is 0.0351. The zero-order valence-electron chi connectivity index (χ0n) is 33.4. The Hall–Kier alpha value is -7.79. The van der Waals surface area contributed by atoms with E-state index in [1.165, 1.54) is 33.4 Å². The van der Waals surface area contributed by atoms with Gasteiger partial charge in [-0.05, 0) is 67.3 Å². The highest BCUT2D eigenvalue weighted by Gasteiger charge is 2.27. The van der Waals surface area contributed by atoms with Crippen LogP contribution in [0.2, 0.25) is 0 Å². The fourth-order valence-corrected chi connectivity index (χ4v) is 8.72. The third kappa shape index (κ3) is 6.99. The summed E-state index contributed by atoms with van der Waals surface area (Å²) in [5.74, 6) is 0.831. The van der Waals surface area contributed by atoms with Crippen LogP contribution in [0, 0.1) is 0 Å². The van der Waals surface area contributed by atoms with Crippen molar-refractivity contribution in [1.82, 2.24) is 10.6 Å². The van der Waals surface area contributed by atoms with Crippen LogP contribution in [0.4, 0.5) is 0 Å². The lowest BCUT2D eigenvalue weighted by molar-refractivity contribution is 0.409. The smallest absolute Gasteiger partial charge is 0.143 e. The number of para-hydroxylation sites is 1. The van der Waals surface area contributed by atoms with Gasteiger partial charge in [0, 0.05) is 21.9 Å². The van der Waals surface area contributed by atoms with Gasteiger partial charge in [-0.25, -0.2) is 4.99 Å². The lowest BCUT2D eigenvalue weighted by atomic mass is 9.93. The summed E-state index contributed by atoms with van der Waals surface area (Å²) in [6.45, 7) is 0. The monoisotopic (exact) mass is 783 g/mol. The van der Waals surface area contributed by atoms with Gasteiger partial charge in [-0.2, -0.15) is 0 Å². The van der Waals surface area contributed by atoms with E-state index >= 15 is 0 Å². The van der Waals surface area contributed by atoms with Gasteiger partial charge >= 0.3 is 0 Å². The van der Waals surface area contributed by atoms with Crippen molar-refractivity contribution in [2.45, 2.75) is 12.3 Å². The van der Waals surface area contributed by atoms with Crippen LogP contribution in [-0.2, 0) is 0 Å². The van der Waals surface area contributed by atoms with E-state index in [1.54, 1.807) is 0 Å². The minimum absolute atomic E-state index is 0.193. The second kappa shape index (κ2) is 15.8. The number of furan rings is 1. The quantitative estimate of drug-likeness (QED) is 0.161. The van der Waals surface area contributed by atoms with Crippen molar-refractivity contribution in [1.29, 1.82) is 0 Å². The average Bonchev–Trinajstić information content (AvgIpc) is 3.74. The van der Waals surface area contributed by atoms with Crippen LogP contribution in [0.3, 0.4) is 0 Å². The molecule has 9 aromatic carbocycles. The van der Waals surface area contributed by atoms with Crippen LogP contribution in [0.5, 0.6) is 0 Å². The maximum absolute atomic E-state index is 6.76. The summed E-state index contributed by atoms with van der Waals surface area (Å²) >= 11 is 0. The first-order valence-electron chi connectivity index (χ1n) is 20.8. The van der Waals surface area contributed by atoms with E-state index in [1.807, 2.05) is 12.1 Å². The second-order valence-corrected chi connectivity index (χ2v) is 15.6. The maximum atomic E-state index is 6.76. The Bertz CT molecular complexity index is 3150. The molecule has 4 heteroatoms. The van der Waals surface area contributed by atoms with Crippen LogP contribution < -0.4 is 10.6 Å². The molecule has 0 saturated carbocycles. The van der Waals surface area contributed by atoms with E-state index in [0.29, 0.717) is 0 Å². The summed E-state index contributed by atoms with van der Waals surface area (Å²) in [4.78, 5) is 5.37. The SMILES string of the molecule is c1ccc(-c2ccc(-c3ccc(C4NC(c5ccccc5-c5cccc6oc7c(-c8ccc(-c9ccccc9)cc8)cccc7c56)=NC(c5ccccc5)N4)cc3)cc2)cc1. The highest BCUT2D eigenvalue weighted by atomic mass is 16.3. The van der Waals surface area contributed by atoms with Crippen molar-refractivity contribution in [3.63, 3.8) is 0 Å². The Morgan fingerprint density at radius 3 is 1.46 bits per heavy atom. The van der Waals surface area contributed by atoms with Crippen LogP contribution in [0.1, 0.15) is 29.0 Å². The van der Waals surface area contributed by atoms with Gasteiger partial charge in [0.15, 0.2) is 0 Å². The molecule has 2 atom stereocenters. The second-order valence-electron chi connectivity index (χ2n) is 15.6. The molecule has 2 unspecified atom stereocenters. The number of rotatable bonds is 8. The molecule has 4 nitrogen and oxygen atoms in total. The molecule has 10 aromatic rings. The van der Waals surface area contributed by atoms with Crippen molar-refractivity contribution in [3.8, 4) is 55.6 Å². The van der Waals surface area contributed by atoms with E-state index in [4.69, 9.17) is 9.41 Å². The molecule has 0 radical (unpaired) electrons. The first kappa shape index (κ1) is 36.3. The van der Waals surface area contributed by atoms with Gasteiger partial charge < -0.3 is 9.73 Å². The van der Waals surface area contributed by atoms with Gasteiger partial charge in [0.05, 0.1) is 0 Å². The highest BCUT2D eigenvalue weighted by molar-refractivity contribution is 6.17. The first-order chi connectivity index (χ1) is 30.2. The van der Waals surface area contributed by atoms with E-state index in [2.05, 4.69) is 223 Å². The summed E-state index contributed by atoms with van der Waals surface area (Å²) in [5, 5.41) is 9.79. The molecule has 0 bridgehead atoms. The number of amidine groups is 1. The summed E-state index contributed by atoms with van der Waals surface area (Å²) in [6.07, 6.45) is -0.455. The van der Waals surface area contributed by atoms with Crippen molar-refractivity contribution in [2.24, 2.45) is 4.99 Å². The number of benzene rings is 9. The number of fused-ring (bicyclic) bond motifs is 3. The van der Waals surface area contributed by atoms with Gasteiger partial charge in [0.2, 0.25) is 0 Å². The Balaban J connectivity index is 0.950. The molecule has 11 rings (SSSR count). The summed E-state index contributed by atoms with van der Waals surface area (Å²) in [6, 6.07) is 79.3. The standard InChI is InChI=1S/C57H41N3O/c1-4-14-38(15-5-1)40-26-28-42(29-27-40)43-32-36-46(37-33-43)56-58-55(45-18-8-3-9-19-45)59-57(60-56)50-21-11-10-20-48(50)49-23-13-25-52-53(49)51-24-12-22-47(54(51)61-52)44-34-30-41(31-35-44)39-16-6-2-7-17-39/h1-37,55-56,58H,(H,59,60). The van der Waals surface area contributed by atoms with Gasteiger partial charge in [-0.15, -0.1) is 0 Å². The Morgan fingerprint density at radius 1 is 0.361 bits per heavy atom. The van der Waals surface area contributed by atoms with Crippen molar-refractivity contribution in [3.05, 3.63) is 241 Å². The van der Waals surface area contributed by atoms with Crippen LogP contribution in [-0.4, -0.2) is 5.84 Å². The molecule has 1 aliphatic rings. The van der Waals surface area contributed by atoms with Gasteiger partial charge in [0.1, 0.15) is 29.3 Å². The average molecular weight is 784 g/mol. The lowest BCUT2D eigenvalue weighted by Crippen LogP contribution is -2.45. The molecule has 61 heavy (non-hydrogen) atoms. The molecule has 0 amide bonds. The molecule has 2 heterocycles. The molecule has 0 spiro atoms. The lowest BCUT2D eigenvalue weighted by Gasteiger charge is -2.33. The van der Waals surface area contributed by atoms with Gasteiger partial charge in [-0.3, -0.25) is 5.32 Å². The van der Waals surface area contributed by atoms with Gasteiger partial charge in [-0.1, -0.05) is 218 Å². The number of hydrogen-bond acceptors (Lipinski definition) is 4. The van der Waals surface area contributed by atoms with Crippen molar-refractivity contribution >= 4 is 27.8 Å². The third-order valence-electron chi connectivity index (χ3n) is 11.8. The van der Waals surface area contributed by atoms with E-state index in [-0.39, 0.29) is 12.3 Å². The number of hydrogen-bond donors (Lipinski definition) is 2. The van der Waals surface area contributed by atoms with Crippen molar-refractivity contribution in [2.75, 3.05) is 0 Å². The number of aliphatic imine (C=N–C) groups is 1. The third-order valence-corrected chi connectivity index (χ3v) is 11.8. The van der Waals surface area contributed by atoms with Crippen LogP contribution >= 0.6 is 0 Å². The summed E-state index contributed by atoms with van der Waals surface area (Å²) in [5.41, 5.74) is 16.5. The molecule has 0 saturated heterocycles. The summed E-state index contributed by atoms with van der Waals surface area (Å²) < 4.78 is 6.76. The molecule has 2 N–H and O–H groups in total. The molecular weight excluding hydrogens is 743 g/mol. The predicted molar refractivity (Wildman–Crippen MR) is 252 cm³/mol. The van der Waals surface area contributed by atoms with Crippen molar-refractivity contribution < 1.29 is 4.42 Å². The van der Waals surface area contributed by atoms with E-state index in [9.17, 15) is 0 Å². The molecule has 0 aliphatic carbocycles. The Kier molecular flexibility index (Phi) is 9.38. The zero-order valence-corrected chi connectivity index (χ0v) is 33.4. The fourth-order valence-electron chi connectivity index (χ4n) is 8.72. The summed E-state index contributed by atoms with van der Waals surface area (Å²) in [7, 11) is 0. The first-order valence-corrected chi connectivity index (χ1v) is 20.8. The number of nitrogens with one attached hydrogen (secondary N) is 2. The maximum Gasteiger partial charge on any atom is 0.143 e. The normalized spacial score (nSPS) is 15.0. The topological polar surface area (TPSA) is 49.6 Å². The predicted octanol–water partition coefficient (Wildman–Crippen LogP) is 14.3. The largest absolute Gasteiger partial charge is 0.455 e. The molecule has 290 valence electrons. The molecule has 1 aliphatic heterocycles. The van der Waals surface area contributed by atoms with E-state index in [0.717, 1.165) is 66.7 Å². The minimum atomic E-state index is -0.262. The molecule has 1 aromatic heterocycles.